The van der Waals surface area contributed by atoms with E-state index in [9.17, 15) is 13.6 Å². The second-order valence-corrected chi connectivity index (χ2v) is 6.71. The number of methoxy groups -OCH3 is 1. The third kappa shape index (κ3) is 6.15. The molecule has 0 radical (unpaired) electrons. The number of aromatic nitrogens is 1. The molecule has 1 heterocycles. The molecule has 1 unspecified atom stereocenters. The quantitative estimate of drug-likeness (QED) is 0.553. The van der Waals surface area contributed by atoms with Crippen molar-refractivity contribution in [2.75, 3.05) is 13.7 Å². The summed E-state index contributed by atoms with van der Waals surface area (Å²) >= 11 is 0. The monoisotopic (exact) mass is 428 g/mol. The average Bonchev–Trinajstić information content (AvgIpc) is 2.77. The van der Waals surface area contributed by atoms with Crippen molar-refractivity contribution in [2.24, 2.45) is 0 Å². The second kappa shape index (κ2) is 10.4. The van der Waals surface area contributed by atoms with Gasteiger partial charge < -0.3 is 19.5 Å². The zero-order valence-electron chi connectivity index (χ0n) is 17.1. The maximum atomic E-state index is 13.6. The molecule has 1 amide bonds. The van der Waals surface area contributed by atoms with Crippen LogP contribution < -0.4 is 19.5 Å². The number of nitrogens with zero attached hydrogens (tertiary/aromatic N) is 1. The summed E-state index contributed by atoms with van der Waals surface area (Å²) in [5.74, 6) is -1.14. The number of carbonyl (C=O) groups excluding carboxylic acids is 1. The van der Waals surface area contributed by atoms with Crippen LogP contribution in [0, 0.1) is 11.6 Å². The molecule has 0 spiro atoms. The van der Waals surface area contributed by atoms with E-state index in [-0.39, 0.29) is 11.8 Å². The fourth-order valence-electron chi connectivity index (χ4n) is 2.81. The smallest absolute Gasteiger partial charge is 0.258 e. The van der Waals surface area contributed by atoms with Crippen molar-refractivity contribution >= 4 is 5.91 Å². The predicted molar refractivity (Wildman–Crippen MR) is 110 cm³/mol. The Balaban J connectivity index is 1.57. The first kappa shape index (κ1) is 22.0. The molecule has 1 atom stereocenters. The first-order valence-electron chi connectivity index (χ1n) is 9.53. The number of rotatable bonds is 9. The summed E-state index contributed by atoms with van der Waals surface area (Å²) in [6.07, 6.45) is 3.38. The van der Waals surface area contributed by atoms with Gasteiger partial charge in [0.05, 0.1) is 13.2 Å². The minimum atomic E-state index is -0.868. The summed E-state index contributed by atoms with van der Waals surface area (Å²) in [5, 5.41) is 2.76. The van der Waals surface area contributed by atoms with Crippen LogP contribution in [0.25, 0.3) is 0 Å². The predicted octanol–water partition coefficient (Wildman–Crippen LogP) is 4.20. The number of hydrogen-bond acceptors (Lipinski definition) is 5. The zero-order chi connectivity index (χ0) is 22.2. The lowest BCUT2D eigenvalue weighted by molar-refractivity contribution is -0.123. The minimum absolute atomic E-state index is 0.193. The highest BCUT2D eigenvalue weighted by molar-refractivity contribution is 5.78. The van der Waals surface area contributed by atoms with Crippen LogP contribution in [0.15, 0.2) is 60.9 Å². The van der Waals surface area contributed by atoms with Crippen LogP contribution in [0.4, 0.5) is 8.78 Å². The number of nitrogens with one attached hydrogen (secondary N) is 1. The number of halogens is 2. The highest BCUT2D eigenvalue weighted by atomic mass is 19.1. The van der Waals surface area contributed by atoms with Gasteiger partial charge in [-0.25, -0.2) is 8.78 Å². The van der Waals surface area contributed by atoms with Crippen LogP contribution in [0.1, 0.15) is 24.1 Å². The van der Waals surface area contributed by atoms with E-state index < -0.39 is 24.1 Å². The number of benzene rings is 2. The molecule has 0 bridgehead atoms. The fourth-order valence-corrected chi connectivity index (χ4v) is 2.81. The Hall–Kier alpha value is -3.68. The Morgan fingerprint density at radius 2 is 1.74 bits per heavy atom. The lowest BCUT2D eigenvalue weighted by Gasteiger charge is -2.17. The van der Waals surface area contributed by atoms with Gasteiger partial charge in [-0.2, -0.15) is 0 Å². The van der Waals surface area contributed by atoms with Crippen molar-refractivity contribution < 1.29 is 27.8 Å². The van der Waals surface area contributed by atoms with Crippen molar-refractivity contribution in [3.63, 3.8) is 0 Å². The molecule has 0 saturated heterocycles. The molecule has 0 saturated carbocycles. The van der Waals surface area contributed by atoms with Crippen LogP contribution in [0.2, 0.25) is 0 Å². The summed E-state index contributed by atoms with van der Waals surface area (Å²) in [7, 11) is 1.53. The van der Waals surface area contributed by atoms with Crippen molar-refractivity contribution in [1.29, 1.82) is 0 Å². The molecule has 31 heavy (non-hydrogen) atoms. The molecular weight excluding hydrogens is 406 g/mol. The zero-order valence-corrected chi connectivity index (χ0v) is 17.1. The third-order valence-corrected chi connectivity index (χ3v) is 4.46. The lowest BCUT2D eigenvalue weighted by atomic mass is 10.1. The summed E-state index contributed by atoms with van der Waals surface area (Å²) in [5.41, 5.74) is 1.76. The summed E-state index contributed by atoms with van der Waals surface area (Å²) in [4.78, 5) is 16.1. The molecule has 2 aromatic carbocycles. The number of hydrogen-bond donors (Lipinski definition) is 1. The van der Waals surface area contributed by atoms with Gasteiger partial charge in [0.1, 0.15) is 12.4 Å². The van der Waals surface area contributed by atoms with E-state index in [1.807, 2.05) is 18.2 Å². The Bertz CT molecular complexity index is 1030. The maximum absolute atomic E-state index is 13.6. The van der Waals surface area contributed by atoms with Gasteiger partial charge in [0.2, 0.25) is 0 Å². The highest BCUT2D eigenvalue weighted by Gasteiger charge is 2.14. The summed E-state index contributed by atoms with van der Waals surface area (Å²) in [6.45, 7) is 1.75. The first-order valence-corrected chi connectivity index (χ1v) is 9.53. The van der Waals surface area contributed by atoms with Gasteiger partial charge in [0, 0.05) is 18.5 Å². The molecule has 0 aliphatic heterocycles. The van der Waals surface area contributed by atoms with Gasteiger partial charge in [-0.05, 0) is 54.4 Å². The van der Waals surface area contributed by atoms with Crippen LogP contribution >= 0.6 is 0 Å². The number of carbonyl (C=O) groups is 1. The summed E-state index contributed by atoms with van der Waals surface area (Å²) in [6, 6.07) is 11.6. The van der Waals surface area contributed by atoms with Gasteiger partial charge in [-0.1, -0.05) is 6.07 Å². The van der Waals surface area contributed by atoms with Crippen LogP contribution in [0.5, 0.6) is 17.2 Å². The van der Waals surface area contributed by atoms with Crippen LogP contribution in [0.3, 0.4) is 0 Å². The molecule has 6 nitrogen and oxygen atoms in total. The van der Waals surface area contributed by atoms with Gasteiger partial charge in [0.25, 0.3) is 5.91 Å². The Morgan fingerprint density at radius 3 is 2.45 bits per heavy atom. The molecule has 1 N–H and O–H groups in total. The van der Waals surface area contributed by atoms with Crippen LogP contribution in [-0.4, -0.2) is 24.6 Å². The lowest BCUT2D eigenvalue weighted by Crippen LogP contribution is -2.31. The standard InChI is InChI=1S/C23H22F2N2O4/c1-15(27-23(28)14-31-20-6-4-18(24)12-19(20)25)17-3-5-21(22(11-17)29-2)30-13-16-7-9-26-10-8-16/h3-12,15H,13-14H2,1-2H3,(H,27,28). The van der Waals surface area contributed by atoms with Gasteiger partial charge in [-0.3, -0.25) is 9.78 Å². The van der Waals surface area contributed by atoms with Crippen molar-refractivity contribution in [3.8, 4) is 17.2 Å². The van der Waals surface area contributed by atoms with Crippen molar-refractivity contribution in [2.45, 2.75) is 19.6 Å². The largest absolute Gasteiger partial charge is 0.493 e. The average molecular weight is 428 g/mol. The molecule has 8 heteroatoms. The second-order valence-electron chi connectivity index (χ2n) is 6.71. The SMILES string of the molecule is COc1cc(C(C)NC(=O)COc2ccc(F)cc2F)ccc1OCc1ccncc1. The maximum Gasteiger partial charge on any atom is 0.258 e. The topological polar surface area (TPSA) is 69.7 Å². The molecule has 0 aliphatic carbocycles. The van der Waals surface area contributed by atoms with Crippen LogP contribution in [-0.2, 0) is 11.4 Å². The molecular formula is C23H22F2N2O4. The minimum Gasteiger partial charge on any atom is -0.493 e. The molecule has 0 aliphatic rings. The molecule has 0 fully saturated rings. The van der Waals surface area contributed by atoms with E-state index in [0.29, 0.717) is 24.2 Å². The van der Waals surface area contributed by atoms with E-state index in [0.717, 1.165) is 23.3 Å². The highest BCUT2D eigenvalue weighted by Crippen LogP contribution is 2.31. The van der Waals surface area contributed by atoms with E-state index in [1.165, 1.54) is 7.11 Å². The van der Waals surface area contributed by atoms with Crippen molar-refractivity contribution in [3.05, 3.63) is 83.7 Å². The molecule has 1 aromatic heterocycles. The number of amides is 1. The van der Waals surface area contributed by atoms with Gasteiger partial charge >= 0.3 is 0 Å². The Kier molecular flexibility index (Phi) is 7.37. The van der Waals surface area contributed by atoms with E-state index in [2.05, 4.69) is 10.3 Å². The summed E-state index contributed by atoms with van der Waals surface area (Å²) < 4.78 is 42.9. The van der Waals surface area contributed by atoms with Crippen molar-refractivity contribution in [1.82, 2.24) is 10.3 Å². The normalized spacial score (nSPS) is 11.5. The Morgan fingerprint density at radius 1 is 1.00 bits per heavy atom. The van der Waals surface area contributed by atoms with E-state index in [4.69, 9.17) is 14.2 Å². The van der Waals surface area contributed by atoms with Gasteiger partial charge in [0.15, 0.2) is 29.7 Å². The third-order valence-electron chi connectivity index (χ3n) is 4.46. The number of pyridine rings is 1. The van der Waals surface area contributed by atoms with Gasteiger partial charge in [-0.15, -0.1) is 0 Å². The first-order chi connectivity index (χ1) is 15.0. The fraction of sp³-hybridized carbons (Fsp3) is 0.217. The van der Waals surface area contributed by atoms with E-state index in [1.54, 1.807) is 31.5 Å². The van der Waals surface area contributed by atoms with E-state index >= 15 is 0 Å². The molecule has 3 aromatic rings. The molecule has 162 valence electrons. The Labute approximate surface area is 178 Å². The molecule has 3 rings (SSSR count). The number of ether oxygens (including phenoxy) is 3.